The Kier molecular flexibility index (Phi) is 7.14. The van der Waals surface area contributed by atoms with Gasteiger partial charge in [-0.25, -0.2) is 0 Å². The zero-order chi connectivity index (χ0) is 19.9. The van der Waals surface area contributed by atoms with Crippen molar-refractivity contribution in [3.8, 4) is 17.2 Å². The smallest absolute Gasteiger partial charge is 0.122 e. The molecule has 0 spiro atoms. The van der Waals surface area contributed by atoms with Crippen molar-refractivity contribution in [1.82, 2.24) is 9.80 Å². The van der Waals surface area contributed by atoms with Gasteiger partial charge in [-0.3, -0.25) is 9.80 Å². The van der Waals surface area contributed by atoms with Crippen molar-refractivity contribution >= 4 is 0 Å². The predicted octanol–water partition coefficient (Wildman–Crippen LogP) is 2.48. The summed E-state index contributed by atoms with van der Waals surface area (Å²) >= 11 is 0. The Morgan fingerprint density at radius 3 is 2.36 bits per heavy atom. The van der Waals surface area contributed by atoms with Crippen LogP contribution in [0, 0.1) is 0 Å². The molecule has 2 aromatic carbocycles. The Hall–Kier alpha value is -2.28. The number of benzene rings is 2. The minimum absolute atomic E-state index is 0.169. The number of rotatable bonds is 8. The van der Waals surface area contributed by atoms with Gasteiger partial charge in [0.2, 0.25) is 0 Å². The third kappa shape index (κ3) is 5.38. The molecular formula is C22H30N2O4. The molecule has 0 saturated carbocycles. The first-order valence-electron chi connectivity index (χ1n) is 9.68. The van der Waals surface area contributed by atoms with Gasteiger partial charge in [0.25, 0.3) is 0 Å². The van der Waals surface area contributed by atoms with Gasteiger partial charge >= 0.3 is 0 Å². The fourth-order valence-electron chi connectivity index (χ4n) is 3.84. The fraction of sp³-hybridized carbons (Fsp3) is 0.455. The second kappa shape index (κ2) is 9.78. The number of hydrogen-bond acceptors (Lipinski definition) is 6. The summed E-state index contributed by atoms with van der Waals surface area (Å²) in [5.74, 6) is 1.88. The van der Waals surface area contributed by atoms with Gasteiger partial charge in [-0.05, 0) is 41.8 Å². The third-order valence-electron chi connectivity index (χ3n) is 5.26. The minimum atomic E-state index is 0.169. The van der Waals surface area contributed by atoms with Crippen molar-refractivity contribution in [1.29, 1.82) is 0 Å². The molecule has 2 aromatic rings. The molecule has 1 atom stereocenters. The van der Waals surface area contributed by atoms with E-state index in [1.165, 1.54) is 0 Å². The highest BCUT2D eigenvalue weighted by atomic mass is 16.5. The number of phenolic OH excluding ortho intramolecular Hbond substituents is 1. The van der Waals surface area contributed by atoms with Gasteiger partial charge in [-0.2, -0.15) is 0 Å². The lowest BCUT2D eigenvalue weighted by Crippen LogP contribution is -2.52. The molecule has 2 N–H and O–H groups in total. The van der Waals surface area contributed by atoms with Gasteiger partial charge in [-0.15, -0.1) is 0 Å². The van der Waals surface area contributed by atoms with Crippen LogP contribution in [0.15, 0.2) is 42.5 Å². The Morgan fingerprint density at radius 2 is 1.71 bits per heavy atom. The summed E-state index contributed by atoms with van der Waals surface area (Å²) in [6.07, 6.45) is 0.734. The Balaban J connectivity index is 1.67. The van der Waals surface area contributed by atoms with E-state index in [0.29, 0.717) is 5.75 Å². The van der Waals surface area contributed by atoms with Gasteiger partial charge in [-0.1, -0.05) is 12.1 Å². The first-order chi connectivity index (χ1) is 13.6. The van der Waals surface area contributed by atoms with Crippen LogP contribution in [0.4, 0.5) is 0 Å². The molecule has 28 heavy (non-hydrogen) atoms. The van der Waals surface area contributed by atoms with E-state index in [4.69, 9.17) is 9.47 Å². The summed E-state index contributed by atoms with van der Waals surface area (Å²) in [7, 11) is 3.32. The van der Waals surface area contributed by atoms with E-state index < -0.39 is 0 Å². The van der Waals surface area contributed by atoms with E-state index in [-0.39, 0.29) is 12.6 Å². The van der Waals surface area contributed by atoms with Crippen molar-refractivity contribution in [3.63, 3.8) is 0 Å². The van der Waals surface area contributed by atoms with Crippen LogP contribution in [0.25, 0.3) is 0 Å². The molecular weight excluding hydrogens is 356 g/mol. The summed E-state index contributed by atoms with van der Waals surface area (Å²) in [5, 5.41) is 19.3. The summed E-state index contributed by atoms with van der Waals surface area (Å²) < 4.78 is 10.8. The number of hydrogen-bond donors (Lipinski definition) is 2. The van der Waals surface area contributed by atoms with E-state index in [9.17, 15) is 10.2 Å². The molecule has 0 bridgehead atoms. The van der Waals surface area contributed by atoms with Gasteiger partial charge < -0.3 is 19.7 Å². The lowest BCUT2D eigenvalue weighted by Gasteiger charge is -2.41. The normalized spacial score (nSPS) is 18.2. The lowest BCUT2D eigenvalue weighted by atomic mass is 10.1. The molecule has 6 heteroatoms. The number of aliphatic hydroxyl groups is 1. The molecule has 3 rings (SSSR count). The standard InChI is InChI=1S/C22H30N2O4/c1-27-21-11-18(12-22(13-21)28-2)15-24-8-7-23(16-19(24)6-9-25)14-17-4-3-5-20(26)10-17/h3-5,10-13,19,25-26H,6-9,14-16H2,1-2H3. The SMILES string of the molecule is COc1cc(CN2CCN(Cc3cccc(O)c3)CC2CCO)cc(OC)c1. The van der Waals surface area contributed by atoms with Gasteiger partial charge in [0.15, 0.2) is 0 Å². The highest BCUT2D eigenvalue weighted by Crippen LogP contribution is 2.25. The van der Waals surface area contributed by atoms with E-state index in [1.807, 2.05) is 36.4 Å². The van der Waals surface area contributed by atoms with Crippen molar-refractivity contribution < 1.29 is 19.7 Å². The fourth-order valence-corrected chi connectivity index (χ4v) is 3.84. The molecule has 152 valence electrons. The molecule has 1 aliphatic heterocycles. The average molecular weight is 386 g/mol. The molecule has 0 radical (unpaired) electrons. The lowest BCUT2D eigenvalue weighted by molar-refractivity contribution is 0.0499. The molecule has 1 heterocycles. The maximum Gasteiger partial charge on any atom is 0.122 e. The van der Waals surface area contributed by atoms with Crippen molar-refractivity contribution in [2.45, 2.75) is 25.6 Å². The van der Waals surface area contributed by atoms with E-state index in [0.717, 1.165) is 61.8 Å². The molecule has 0 amide bonds. The monoisotopic (exact) mass is 386 g/mol. The van der Waals surface area contributed by atoms with Crippen LogP contribution in [0.5, 0.6) is 17.2 Å². The minimum Gasteiger partial charge on any atom is -0.508 e. The van der Waals surface area contributed by atoms with Crippen LogP contribution in [-0.2, 0) is 13.1 Å². The maximum atomic E-state index is 9.69. The third-order valence-corrected chi connectivity index (χ3v) is 5.26. The number of piperazine rings is 1. The highest BCUT2D eigenvalue weighted by molar-refractivity contribution is 5.38. The molecule has 6 nitrogen and oxygen atoms in total. The van der Waals surface area contributed by atoms with Crippen LogP contribution in [0.1, 0.15) is 17.5 Å². The number of aliphatic hydroxyl groups excluding tert-OH is 1. The van der Waals surface area contributed by atoms with Crippen molar-refractivity contribution in [2.75, 3.05) is 40.5 Å². The Labute approximate surface area is 166 Å². The van der Waals surface area contributed by atoms with Crippen LogP contribution in [0.2, 0.25) is 0 Å². The van der Waals surface area contributed by atoms with Crippen molar-refractivity contribution in [3.05, 3.63) is 53.6 Å². The molecule has 1 fully saturated rings. The maximum absolute atomic E-state index is 9.69. The van der Waals surface area contributed by atoms with Crippen LogP contribution < -0.4 is 9.47 Å². The quantitative estimate of drug-likeness (QED) is 0.727. The summed E-state index contributed by atoms with van der Waals surface area (Å²) in [6.45, 7) is 4.51. The summed E-state index contributed by atoms with van der Waals surface area (Å²) in [4.78, 5) is 4.81. The number of methoxy groups -OCH3 is 2. The summed E-state index contributed by atoms with van der Waals surface area (Å²) in [5.41, 5.74) is 2.24. The van der Waals surface area contributed by atoms with Gasteiger partial charge in [0.05, 0.1) is 14.2 Å². The number of aromatic hydroxyl groups is 1. The Morgan fingerprint density at radius 1 is 0.964 bits per heavy atom. The second-order valence-electron chi connectivity index (χ2n) is 7.26. The predicted molar refractivity (Wildman–Crippen MR) is 109 cm³/mol. The first-order valence-corrected chi connectivity index (χ1v) is 9.68. The van der Waals surface area contributed by atoms with Gasteiger partial charge in [0.1, 0.15) is 17.2 Å². The first kappa shape index (κ1) is 20.5. The Bertz CT molecular complexity index is 746. The van der Waals surface area contributed by atoms with E-state index in [2.05, 4.69) is 9.80 Å². The highest BCUT2D eigenvalue weighted by Gasteiger charge is 2.27. The molecule has 1 aliphatic rings. The van der Waals surface area contributed by atoms with E-state index >= 15 is 0 Å². The number of ether oxygens (including phenoxy) is 2. The largest absolute Gasteiger partial charge is 0.508 e. The molecule has 1 unspecified atom stereocenters. The number of nitrogens with zero attached hydrogens (tertiary/aromatic N) is 2. The van der Waals surface area contributed by atoms with Crippen LogP contribution >= 0.6 is 0 Å². The summed E-state index contributed by atoms with van der Waals surface area (Å²) in [6, 6.07) is 13.7. The number of phenols is 1. The van der Waals surface area contributed by atoms with Crippen molar-refractivity contribution in [2.24, 2.45) is 0 Å². The van der Waals surface area contributed by atoms with Crippen LogP contribution in [0.3, 0.4) is 0 Å². The molecule has 0 aliphatic carbocycles. The second-order valence-corrected chi connectivity index (χ2v) is 7.26. The zero-order valence-electron chi connectivity index (χ0n) is 16.7. The topological polar surface area (TPSA) is 65.4 Å². The van der Waals surface area contributed by atoms with Crippen LogP contribution in [-0.4, -0.2) is 66.5 Å². The molecule has 0 aromatic heterocycles. The zero-order valence-corrected chi connectivity index (χ0v) is 16.7. The van der Waals surface area contributed by atoms with Gasteiger partial charge in [0, 0.05) is 51.4 Å². The van der Waals surface area contributed by atoms with E-state index in [1.54, 1.807) is 20.3 Å². The average Bonchev–Trinajstić information content (AvgIpc) is 2.70. The molecule has 1 saturated heterocycles.